The van der Waals surface area contributed by atoms with Crippen LogP contribution in [0.2, 0.25) is 5.28 Å². The van der Waals surface area contributed by atoms with Gasteiger partial charge >= 0.3 is 0 Å². The number of amides is 1. The first-order chi connectivity index (χ1) is 7.85. The molecule has 0 aliphatic heterocycles. The minimum absolute atomic E-state index is 0.0405. The first-order valence-electron chi connectivity index (χ1n) is 5.08. The third-order valence-electron chi connectivity index (χ3n) is 1.98. The summed E-state index contributed by atoms with van der Waals surface area (Å²) in [6.45, 7) is 5.80. The number of carbonyl (C=O) groups is 1. The van der Waals surface area contributed by atoms with Crippen LogP contribution in [0, 0.1) is 0 Å². The maximum atomic E-state index is 11.2. The van der Waals surface area contributed by atoms with E-state index in [0.717, 1.165) is 0 Å². The highest BCUT2D eigenvalue weighted by Crippen LogP contribution is 2.14. The number of hydrogen-bond acceptors (Lipinski definition) is 6. The van der Waals surface area contributed by atoms with Gasteiger partial charge in [-0.25, -0.2) is 0 Å². The Balaban J connectivity index is 2.95. The molecule has 0 bridgehead atoms. The van der Waals surface area contributed by atoms with Gasteiger partial charge in [-0.2, -0.15) is 15.0 Å². The maximum Gasteiger partial charge on any atom is 0.242 e. The molecule has 1 rings (SSSR count). The van der Waals surface area contributed by atoms with Crippen LogP contribution in [-0.2, 0) is 4.79 Å². The summed E-state index contributed by atoms with van der Waals surface area (Å²) in [6.07, 6.45) is 0. The molecule has 0 aliphatic carbocycles. The Kier molecular flexibility index (Phi) is 4.06. The molecule has 1 amide bonds. The van der Waals surface area contributed by atoms with Crippen molar-refractivity contribution in [2.75, 3.05) is 17.2 Å². The van der Waals surface area contributed by atoms with Gasteiger partial charge in [0.2, 0.25) is 23.1 Å². The maximum absolute atomic E-state index is 11.2. The SMILES string of the molecule is CCNc1nc(Cl)nc(NC(C)(C)C(N)=O)n1. The molecule has 0 fully saturated rings. The van der Waals surface area contributed by atoms with Gasteiger partial charge in [0.05, 0.1) is 0 Å². The third-order valence-corrected chi connectivity index (χ3v) is 2.15. The lowest BCUT2D eigenvalue weighted by Gasteiger charge is -2.22. The fraction of sp³-hybridized carbons (Fsp3) is 0.556. The second-order valence-corrected chi connectivity index (χ2v) is 4.23. The zero-order valence-corrected chi connectivity index (χ0v) is 10.7. The van der Waals surface area contributed by atoms with Crippen LogP contribution in [0.25, 0.3) is 0 Å². The van der Waals surface area contributed by atoms with Crippen molar-refractivity contribution in [3.63, 3.8) is 0 Å². The Hall–Kier alpha value is -1.63. The summed E-state index contributed by atoms with van der Waals surface area (Å²) in [5, 5.41) is 5.74. The number of nitrogens with zero attached hydrogens (tertiary/aromatic N) is 3. The van der Waals surface area contributed by atoms with Crippen molar-refractivity contribution in [1.29, 1.82) is 0 Å². The van der Waals surface area contributed by atoms with Crippen molar-refractivity contribution in [3.05, 3.63) is 5.28 Å². The number of nitrogens with one attached hydrogen (secondary N) is 2. The molecule has 0 saturated carbocycles. The quantitative estimate of drug-likeness (QED) is 0.715. The van der Waals surface area contributed by atoms with Gasteiger partial charge in [-0.3, -0.25) is 4.79 Å². The third kappa shape index (κ3) is 3.70. The smallest absolute Gasteiger partial charge is 0.242 e. The number of anilines is 2. The first kappa shape index (κ1) is 13.4. The van der Waals surface area contributed by atoms with Gasteiger partial charge in [0, 0.05) is 6.54 Å². The molecule has 7 nitrogen and oxygen atoms in total. The summed E-state index contributed by atoms with van der Waals surface area (Å²) in [5.41, 5.74) is 4.27. The van der Waals surface area contributed by atoms with Crippen LogP contribution in [0.15, 0.2) is 0 Å². The van der Waals surface area contributed by atoms with E-state index < -0.39 is 11.4 Å². The van der Waals surface area contributed by atoms with E-state index in [2.05, 4.69) is 25.6 Å². The molecule has 0 saturated heterocycles. The average molecular weight is 259 g/mol. The van der Waals surface area contributed by atoms with E-state index in [1.807, 2.05) is 6.92 Å². The van der Waals surface area contributed by atoms with E-state index in [1.54, 1.807) is 13.8 Å². The van der Waals surface area contributed by atoms with Crippen molar-refractivity contribution < 1.29 is 4.79 Å². The molecular weight excluding hydrogens is 244 g/mol. The van der Waals surface area contributed by atoms with E-state index >= 15 is 0 Å². The molecule has 17 heavy (non-hydrogen) atoms. The molecule has 0 unspecified atom stereocenters. The summed E-state index contributed by atoms with van der Waals surface area (Å²) in [4.78, 5) is 23.0. The number of halogens is 1. The number of primary amides is 1. The fourth-order valence-corrected chi connectivity index (χ4v) is 1.14. The van der Waals surface area contributed by atoms with Gasteiger partial charge in [-0.1, -0.05) is 0 Å². The van der Waals surface area contributed by atoms with Crippen molar-refractivity contribution in [1.82, 2.24) is 15.0 Å². The molecule has 1 aromatic heterocycles. The van der Waals surface area contributed by atoms with Gasteiger partial charge in [-0.15, -0.1) is 0 Å². The Bertz CT molecular complexity index is 422. The summed E-state index contributed by atoms with van der Waals surface area (Å²) in [6, 6.07) is 0. The van der Waals surface area contributed by atoms with Crippen LogP contribution in [0.1, 0.15) is 20.8 Å². The van der Waals surface area contributed by atoms with Crippen molar-refractivity contribution >= 4 is 29.4 Å². The largest absolute Gasteiger partial charge is 0.368 e. The minimum Gasteiger partial charge on any atom is -0.368 e. The van der Waals surface area contributed by atoms with Gasteiger partial charge in [-0.05, 0) is 32.4 Å². The molecule has 1 heterocycles. The zero-order chi connectivity index (χ0) is 13.1. The van der Waals surface area contributed by atoms with Crippen molar-refractivity contribution in [2.24, 2.45) is 5.73 Å². The fourth-order valence-electron chi connectivity index (χ4n) is 0.984. The number of aromatic nitrogens is 3. The van der Waals surface area contributed by atoms with Crippen LogP contribution in [0.3, 0.4) is 0 Å². The van der Waals surface area contributed by atoms with Gasteiger partial charge in [0.15, 0.2) is 0 Å². The lowest BCUT2D eigenvalue weighted by molar-refractivity contribution is -0.121. The summed E-state index contributed by atoms with van der Waals surface area (Å²) in [7, 11) is 0. The molecule has 0 radical (unpaired) electrons. The average Bonchev–Trinajstić information content (AvgIpc) is 2.15. The van der Waals surface area contributed by atoms with Crippen molar-refractivity contribution in [3.8, 4) is 0 Å². The molecule has 4 N–H and O–H groups in total. The van der Waals surface area contributed by atoms with Crippen LogP contribution in [0.5, 0.6) is 0 Å². The van der Waals surface area contributed by atoms with Crippen LogP contribution >= 0.6 is 11.6 Å². The van der Waals surface area contributed by atoms with Gasteiger partial charge in [0.1, 0.15) is 5.54 Å². The monoisotopic (exact) mass is 258 g/mol. The second-order valence-electron chi connectivity index (χ2n) is 3.90. The summed E-state index contributed by atoms with van der Waals surface area (Å²) >= 11 is 5.74. The predicted molar refractivity (Wildman–Crippen MR) is 65.9 cm³/mol. The van der Waals surface area contributed by atoms with Crippen LogP contribution in [0.4, 0.5) is 11.9 Å². The lowest BCUT2D eigenvalue weighted by Crippen LogP contribution is -2.45. The molecule has 0 aliphatic rings. The number of hydrogen-bond donors (Lipinski definition) is 3. The number of carbonyl (C=O) groups excluding carboxylic acids is 1. The highest BCUT2D eigenvalue weighted by Gasteiger charge is 2.25. The summed E-state index contributed by atoms with van der Waals surface area (Å²) in [5.74, 6) is 0.0269. The highest BCUT2D eigenvalue weighted by atomic mass is 35.5. The molecule has 8 heteroatoms. The van der Waals surface area contributed by atoms with E-state index in [-0.39, 0.29) is 11.2 Å². The van der Waals surface area contributed by atoms with E-state index in [4.69, 9.17) is 17.3 Å². The first-order valence-corrected chi connectivity index (χ1v) is 5.46. The normalized spacial score (nSPS) is 11.1. The highest BCUT2D eigenvalue weighted by molar-refractivity contribution is 6.28. The minimum atomic E-state index is -0.964. The molecular formula is C9H15ClN6O. The lowest BCUT2D eigenvalue weighted by atomic mass is 10.1. The molecule has 1 aromatic rings. The molecule has 0 spiro atoms. The molecule has 0 atom stereocenters. The Labute approximate surface area is 104 Å². The Morgan fingerprint density at radius 1 is 1.35 bits per heavy atom. The molecule has 0 aromatic carbocycles. The number of nitrogens with two attached hydrogens (primary N) is 1. The molecule has 94 valence electrons. The second kappa shape index (κ2) is 5.13. The summed E-state index contributed by atoms with van der Waals surface area (Å²) < 4.78 is 0. The van der Waals surface area contributed by atoms with Crippen LogP contribution < -0.4 is 16.4 Å². The topological polar surface area (TPSA) is 106 Å². The number of rotatable bonds is 5. The van der Waals surface area contributed by atoms with E-state index in [9.17, 15) is 4.79 Å². The van der Waals surface area contributed by atoms with Crippen molar-refractivity contribution in [2.45, 2.75) is 26.3 Å². The van der Waals surface area contributed by atoms with E-state index in [0.29, 0.717) is 12.5 Å². The van der Waals surface area contributed by atoms with Gasteiger partial charge in [0.25, 0.3) is 0 Å². The standard InChI is InChI=1S/C9H15ClN6O/c1-4-12-7-13-6(10)14-8(15-7)16-9(2,3)5(11)17/h4H2,1-3H3,(H2,11,17)(H2,12,13,14,15,16). The Morgan fingerprint density at radius 3 is 2.47 bits per heavy atom. The van der Waals surface area contributed by atoms with Crippen LogP contribution in [-0.4, -0.2) is 32.9 Å². The zero-order valence-electron chi connectivity index (χ0n) is 9.91. The van der Waals surface area contributed by atoms with E-state index in [1.165, 1.54) is 0 Å². The predicted octanol–water partition coefficient (Wildman–Crippen LogP) is 0.633. The Morgan fingerprint density at radius 2 is 1.94 bits per heavy atom. The van der Waals surface area contributed by atoms with Gasteiger partial charge < -0.3 is 16.4 Å².